The molecule has 29 heavy (non-hydrogen) atoms. The third kappa shape index (κ3) is 4.40. The second kappa shape index (κ2) is 9.05. The van der Waals surface area contributed by atoms with E-state index in [9.17, 15) is 9.59 Å². The first-order valence-electron chi connectivity index (χ1n) is 9.12. The highest BCUT2D eigenvalue weighted by atomic mass is 35.5. The number of nitrogens with zero attached hydrogens (tertiary/aromatic N) is 2. The Balaban J connectivity index is 1.70. The number of hydrogen-bond donors (Lipinski definition) is 0. The molecule has 0 atom stereocenters. The average molecular weight is 419 g/mol. The summed E-state index contributed by atoms with van der Waals surface area (Å²) in [6, 6.07) is 10.0. The summed E-state index contributed by atoms with van der Waals surface area (Å²) >= 11 is 6.04. The Labute approximate surface area is 174 Å². The van der Waals surface area contributed by atoms with Crippen molar-refractivity contribution in [2.24, 2.45) is 0 Å². The molecule has 2 aromatic rings. The lowest BCUT2D eigenvalue weighted by Crippen LogP contribution is -2.50. The van der Waals surface area contributed by atoms with Gasteiger partial charge in [-0.3, -0.25) is 9.59 Å². The van der Waals surface area contributed by atoms with Crippen molar-refractivity contribution in [3.63, 3.8) is 0 Å². The maximum Gasteiger partial charge on any atom is 0.257 e. The number of carbonyl (C=O) groups is 2. The molecule has 0 saturated carbocycles. The predicted octanol–water partition coefficient (Wildman–Crippen LogP) is 2.96. The number of rotatable bonds is 5. The van der Waals surface area contributed by atoms with Crippen molar-refractivity contribution < 1.29 is 23.8 Å². The van der Waals surface area contributed by atoms with Gasteiger partial charge in [0, 0.05) is 37.3 Å². The molecule has 0 N–H and O–H groups in total. The molecule has 154 valence electrons. The van der Waals surface area contributed by atoms with E-state index in [0.717, 1.165) is 0 Å². The molecule has 8 heteroatoms. The largest absolute Gasteiger partial charge is 0.497 e. The zero-order chi connectivity index (χ0) is 21.0. The van der Waals surface area contributed by atoms with Crippen LogP contribution in [0, 0.1) is 0 Å². The van der Waals surface area contributed by atoms with Gasteiger partial charge in [0.25, 0.3) is 11.8 Å². The molecule has 0 radical (unpaired) electrons. The van der Waals surface area contributed by atoms with Gasteiger partial charge in [0.2, 0.25) is 0 Å². The third-order valence-electron chi connectivity index (χ3n) is 4.89. The van der Waals surface area contributed by atoms with Gasteiger partial charge in [-0.05, 0) is 30.3 Å². The van der Waals surface area contributed by atoms with Crippen LogP contribution in [0.4, 0.5) is 0 Å². The summed E-state index contributed by atoms with van der Waals surface area (Å²) in [6.07, 6.45) is 0. The number of benzene rings is 2. The lowest BCUT2D eigenvalue weighted by molar-refractivity contribution is 0.0531. The summed E-state index contributed by atoms with van der Waals surface area (Å²) < 4.78 is 15.8. The van der Waals surface area contributed by atoms with Gasteiger partial charge in [0.05, 0.1) is 32.5 Å². The van der Waals surface area contributed by atoms with E-state index in [4.69, 9.17) is 25.8 Å². The molecule has 1 aliphatic heterocycles. The maximum atomic E-state index is 12.9. The second-order valence-electron chi connectivity index (χ2n) is 6.50. The average Bonchev–Trinajstić information content (AvgIpc) is 2.77. The molecule has 0 spiro atoms. The van der Waals surface area contributed by atoms with E-state index in [-0.39, 0.29) is 11.8 Å². The van der Waals surface area contributed by atoms with Crippen LogP contribution in [-0.2, 0) is 0 Å². The van der Waals surface area contributed by atoms with Crippen LogP contribution >= 0.6 is 11.6 Å². The Morgan fingerprint density at radius 2 is 1.34 bits per heavy atom. The van der Waals surface area contributed by atoms with Gasteiger partial charge < -0.3 is 24.0 Å². The molecule has 2 aromatic carbocycles. The minimum atomic E-state index is -0.168. The van der Waals surface area contributed by atoms with Crippen molar-refractivity contribution in [2.75, 3.05) is 47.5 Å². The molecular formula is C21H23ClN2O5. The fourth-order valence-electron chi connectivity index (χ4n) is 3.28. The quantitative estimate of drug-likeness (QED) is 0.746. The molecule has 7 nitrogen and oxygen atoms in total. The van der Waals surface area contributed by atoms with Gasteiger partial charge >= 0.3 is 0 Å². The van der Waals surface area contributed by atoms with Gasteiger partial charge in [-0.15, -0.1) is 0 Å². The minimum absolute atomic E-state index is 0.142. The minimum Gasteiger partial charge on any atom is -0.497 e. The van der Waals surface area contributed by atoms with E-state index in [1.807, 2.05) is 0 Å². The molecule has 0 unspecified atom stereocenters. The molecular weight excluding hydrogens is 396 g/mol. The highest BCUT2D eigenvalue weighted by Crippen LogP contribution is 2.27. The van der Waals surface area contributed by atoms with Crippen LogP contribution in [0.1, 0.15) is 20.7 Å². The highest BCUT2D eigenvalue weighted by molar-refractivity contribution is 6.31. The van der Waals surface area contributed by atoms with Crippen molar-refractivity contribution in [1.29, 1.82) is 0 Å². The van der Waals surface area contributed by atoms with Crippen LogP contribution in [0.5, 0.6) is 17.2 Å². The maximum absolute atomic E-state index is 12.9. The summed E-state index contributed by atoms with van der Waals surface area (Å²) in [6.45, 7) is 1.67. The van der Waals surface area contributed by atoms with Crippen LogP contribution in [0.2, 0.25) is 5.02 Å². The van der Waals surface area contributed by atoms with Crippen molar-refractivity contribution in [3.05, 3.63) is 52.5 Å². The molecule has 1 heterocycles. The van der Waals surface area contributed by atoms with Crippen LogP contribution in [0.3, 0.4) is 0 Å². The van der Waals surface area contributed by atoms with Crippen molar-refractivity contribution in [2.45, 2.75) is 0 Å². The zero-order valence-corrected chi connectivity index (χ0v) is 17.4. The van der Waals surface area contributed by atoms with Crippen molar-refractivity contribution >= 4 is 23.4 Å². The molecule has 1 saturated heterocycles. The Hall–Kier alpha value is -2.93. The summed E-state index contributed by atoms with van der Waals surface area (Å²) in [4.78, 5) is 29.2. The fraction of sp³-hybridized carbons (Fsp3) is 0.333. The summed E-state index contributed by atoms with van der Waals surface area (Å²) in [5.74, 6) is 1.23. The summed E-state index contributed by atoms with van der Waals surface area (Å²) in [5.41, 5.74) is 0.876. The zero-order valence-electron chi connectivity index (χ0n) is 16.6. The number of carbonyl (C=O) groups excluding carboxylic acids is 2. The van der Waals surface area contributed by atoms with Gasteiger partial charge in [0.15, 0.2) is 0 Å². The predicted molar refractivity (Wildman–Crippen MR) is 109 cm³/mol. The lowest BCUT2D eigenvalue weighted by atomic mass is 10.1. The Morgan fingerprint density at radius 3 is 1.90 bits per heavy atom. The normalized spacial score (nSPS) is 13.8. The first-order valence-corrected chi connectivity index (χ1v) is 9.50. The second-order valence-corrected chi connectivity index (χ2v) is 6.93. The number of ether oxygens (including phenoxy) is 3. The third-order valence-corrected chi connectivity index (χ3v) is 5.12. The first kappa shape index (κ1) is 20.8. The molecule has 3 rings (SSSR count). The van der Waals surface area contributed by atoms with E-state index in [0.29, 0.717) is 59.6 Å². The molecule has 0 aliphatic carbocycles. The van der Waals surface area contributed by atoms with Crippen molar-refractivity contribution in [3.8, 4) is 17.2 Å². The first-order chi connectivity index (χ1) is 14.0. The Morgan fingerprint density at radius 1 is 0.759 bits per heavy atom. The van der Waals surface area contributed by atoms with E-state index >= 15 is 0 Å². The van der Waals surface area contributed by atoms with Crippen molar-refractivity contribution in [1.82, 2.24) is 9.80 Å². The smallest absolute Gasteiger partial charge is 0.257 e. The Bertz CT molecular complexity index is 910. The summed E-state index contributed by atoms with van der Waals surface area (Å²) in [7, 11) is 4.58. The van der Waals surface area contributed by atoms with Crippen LogP contribution in [0.15, 0.2) is 36.4 Å². The molecule has 1 fully saturated rings. The number of hydrogen-bond acceptors (Lipinski definition) is 5. The van der Waals surface area contributed by atoms with Gasteiger partial charge in [-0.2, -0.15) is 0 Å². The lowest BCUT2D eigenvalue weighted by Gasteiger charge is -2.35. The summed E-state index contributed by atoms with van der Waals surface area (Å²) in [5, 5.41) is 0.467. The van der Waals surface area contributed by atoms with E-state index in [2.05, 4.69) is 0 Å². The molecule has 2 amide bonds. The molecule has 0 aromatic heterocycles. The number of amides is 2. The van der Waals surface area contributed by atoms with Gasteiger partial charge in [-0.25, -0.2) is 0 Å². The van der Waals surface area contributed by atoms with E-state index in [1.165, 1.54) is 14.2 Å². The molecule has 0 bridgehead atoms. The van der Waals surface area contributed by atoms with Crippen LogP contribution in [-0.4, -0.2) is 69.1 Å². The van der Waals surface area contributed by atoms with Crippen LogP contribution in [0.25, 0.3) is 0 Å². The fourth-order valence-corrected chi connectivity index (χ4v) is 3.45. The van der Waals surface area contributed by atoms with E-state index in [1.54, 1.807) is 53.3 Å². The highest BCUT2D eigenvalue weighted by Gasteiger charge is 2.28. The van der Waals surface area contributed by atoms with E-state index < -0.39 is 0 Å². The van der Waals surface area contributed by atoms with Crippen LogP contribution < -0.4 is 14.2 Å². The Kier molecular flexibility index (Phi) is 6.49. The molecule has 1 aliphatic rings. The topological polar surface area (TPSA) is 68.3 Å². The van der Waals surface area contributed by atoms with Gasteiger partial charge in [0.1, 0.15) is 17.2 Å². The number of halogens is 1. The standard InChI is InChI=1S/C21H23ClN2O5/c1-27-15-5-6-16(19(13-15)29-3)20(25)23-8-10-24(11-9-23)21(26)17-12-14(22)4-7-18(17)28-2/h4-7,12-13H,8-11H2,1-3H3. The number of methoxy groups -OCH3 is 3. The monoisotopic (exact) mass is 418 g/mol. The number of piperazine rings is 1. The SMILES string of the molecule is COc1ccc(C(=O)N2CCN(C(=O)c3cc(Cl)ccc3OC)CC2)c(OC)c1. The van der Waals surface area contributed by atoms with Gasteiger partial charge in [-0.1, -0.05) is 11.6 Å².